The molecule has 25 heavy (non-hydrogen) atoms. The molecule has 0 aliphatic heterocycles. The molecule has 0 fully saturated rings. The zero-order chi connectivity index (χ0) is 18.0. The third kappa shape index (κ3) is 3.84. The van der Waals surface area contributed by atoms with E-state index in [1.165, 1.54) is 22.3 Å². The molecule has 0 atom stereocenters. The van der Waals surface area contributed by atoms with E-state index in [4.69, 9.17) is 4.98 Å². The van der Waals surface area contributed by atoms with Gasteiger partial charge in [-0.1, -0.05) is 70.2 Å². The summed E-state index contributed by atoms with van der Waals surface area (Å²) >= 11 is 0. The molecule has 0 N–H and O–H groups in total. The molecule has 2 nitrogen and oxygen atoms in total. The van der Waals surface area contributed by atoms with Crippen LogP contribution in [0.1, 0.15) is 45.5 Å². The van der Waals surface area contributed by atoms with Gasteiger partial charge in [-0.15, -0.1) is 0 Å². The smallest absolute Gasteiger partial charge is 0.109 e. The van der Waals surface area contributed by atoms with Crippen molar-refractivity contribution >= 4 is 0 Å². The molecule has 0 amide bonds. The summed E-state index contributed by atoms with van der Waals surface area (Å²) in [5.74, 6) is 1.15. The molecular formula is C23H28N2. The van der Waals surface area contributed by atoms with Crippen LogP contribution in [-0.2, 0) is 18.9 Å². The van der Waals surface area contributed by atoms with E-state index in [0.29, 0.717) is 0 Å². The van der Waals surface area contributed by atoms with Gasteiger partial charge in [-0.3, -0.25) is 0 Å². The maximum Gasteiger partial charge on any atom is 0.109 e. The van der Waals surface area contributed by atoms with Gasteiger partial charge in [0.2, 0.25) is 0 Å². The summed E-state index contributed by atoms with van der Waals surface area (Å²) in [5.41, 5.74) is 6.26. The lowest BCUT2D eigenvalue weighted by Gasteiger charge is -2.19. The first-order valence-electron chi connectivity index (χ1n) is 9.12. The molecule has 0 saturated heterocycles. The SMILES string of the molecule is CCCc1nc(-c2cccc(-c3ccc(C(C)(C)C)cc3)c2)cn1C. The maximum absolute atomic E-state index is 4.81. The first kappa shape index (κ1) is 17.5. The van der Waals surface area contributed by atoms with Crippen molar-refractivity contribution in [1.82, 2.24) is 9.55 Å². The molecule has 3 rings (SSSR count). The van der Waals surface area contributed by atoms with Crippen molar-refractivity contribution in [1.29, 1.82) is 0 Å². The second kappa shape index (κ2) is 6.87. The van der Waals surface area contributed by atoms with Crippen LogP contribution in [0.3, 0.4) is 0 Å². The highest BCUT2D eigenvalue weighted by Gasteiger charge is 2.13. The largest absolute Gasteiger partial charge is 0.337 e. The van der Waals surface area contributed by atoms with Crippen LogP contribution in [0.4, 0.5) is 0 Å². The molecule has 1 heterocycles. The first-order chi connectivity index (χ1) is 11.9. The molecular weight excluding hydrogens is 304 g/mol. The van der Waals surface area contributed by atoms with E-state index in [0.717, 1.165) is 24.4 Å². The Morgan fingerprint density at radius 2 is 1.60 bits per heavy atom. The van der Waals surface area contributed by atoms with Crippen LogP contribution < -0.4 is 0 Å². The van der Waals surface area contributed by atoms with Crippen LogP contribution in [0, 0.1) is 0 Å². The minimum absolute atomic E-state index is 0.185. The number of nitrogens with zero attached hydrogens (tertiary/aromatic N) is 2. The van der Waals surface area contributed by atoms with Gasteiger partial charge in [-0.25, -0.2) is 4.98 Å². The molecule has 0 aliphatic rings. The van der Waals surface area contributed by atoms with Gasteiger partial charge in [0.25, 0.3) is 0 Å². The minimum atomic E-state index is 0.185. The number of hydrogen-bond donors (Lipinski definition) is 0. The van der Waals surface area contributed by atoms with E-state index in [1.807, 2.05) is 0 Å². The van der Waals surface area contributed by atoms with Crippen molar-refractivity contribution in [2.45, 2.75) is 46.0 Å². The summed E-state index contributed by atoms with van der Waals surface area (Å²) in [4.78, 5) is 4.81. The van der Waals surface area contributed by atoms with Crippen LogP contribution >= 0.6 is 0 Å². The first-order valence-corrected chi connectivity index (χ1v) is 9.12. The number of benzene rings is 2. The lowest BCUT2D eigenvalue weighted by Crippen LogP contribution is -2.10. The summed E-state index contributed by atoms with van der Waals surface area (Å²) in [7, 11) is 2.08. The fourth-order valence-electron chi connectivity index (χ4n) is 3.12. The van der Waals surface area contributed by atoms with Gasteiger partial charge in [0, 0.05) is 25.2 Å². The number of aromatic nitrogens is 2. The third-order valence-corrected chi connectivity index (χ3v) is 4.69. The Morgan fingerprint density at radius 1 is 0.920 bits per heavy atom. The summed E-state index contributed by atoms with van der Waals surface area (Å²) in [6, 6.07) is 17.6. The fraction of sp³-hybridized carbons (Fsp3) is 0.348. The fourth-order valence-corrected chi connectivity index (χ4v) is 3.12. The van der Waals surface area contributed by atoms with Gasteiger partial charge in [0.15, 0.2) is 0 Å². The molecule has 1 aromatic heterocycles. The summed E-state index contributed by atoms with van der Waals surface area (Å²) in [6.45, 7) is 8.93. The molecule has 0 bridgehead atoms. The number of rotatable bonds is 4. The van der Waals surface area contributed by atoms with Gasteiger partial charge in [0.05, 0.1) is 5.69 Å². The Kier molecular flexibility index (Phi) is 4.80. The molecule has 0 radical (unpaired) electrons. The highest BCUT2D eigenvalue weighted by Crippen LogP contribution is 2.29. The lowest BCUT2D eigenvalue weighted by atomic mass is 9.86. The standard InChI is InChI=1S/C23H28N2/c1-6-8-22-24-21(16-25(22)5)19-10-7-9-18(15-19)17-11-13-20(14-12-17)23(2,3)4/h7,9-16H,6,8H2,1-5H3. The lowest BCUT2D eigenvalue weighted by molar-refractivity contribution is 0.590. The average molecular weight is 332 g/mol. The van der Waals surface area contributed by atoms with Gasteiger partial charge < -0.3 is 4.57 Å². The molecule has 2 aromatic carbocycles. The van der Waals surface area contributed by atoms with Gasteiger partial charge in [-0.05, 0) is 34.6 Å². The Bertz CT molecular complexity index is 849. The second-order valence-corrected chi connectivity index (χ2v) is 7.81. The zero-order valence-corrected chi connectivity index (χ0v) is 16.0. The van der Waals surface area contributed by atoms with Crippen molar-refractivity contribution in [3.05, 3.63) is 66.1 Å². The van der Waals surface area contributed by atoms with Crippen molar-refractivity contribution in [2.24, 2.45) is 7.05 Å². The van der Waals surface area contributed by atoms with Crippen molar-refractivity contribution in [3.63, 3.8) is 0 Å². The van der Waals surface area contributed by atoms with E-state index >= 15 is 0 Å². The van der Waals surface area contributed by atoms with E-state index in [9.17, 15) is 0 Å². The topological polar surface area (TPSA) is 17.8 Å². The van der Waals surface area contributed by atoms with Crippen LogP contribution in [0.5, 0.6) is 0 Å². The second-order valence-electron chi connectivity index (χ2n) is 7.81. The molecule has 0 spiro atoms. The van der Waals surface area contributed by atoms with Crippen LogP contribution in [0.15, 0.2) is 54.7 Å². The van der Waals surface area contributed by atoms with Crippen molar-refractivity contribution in [2.75, 3.05) is 0 Å². The van der Waals surface area contributed by atoms with Gasteiger partial charge in [-0.2, -0.15) is 0 Å². The van der Waals surface area contributed by atoms with Gasteiger partial charge in [0.1, 0.15) is 5.82 Å². The minimum Gasteiger partial charge on any atom is -0.337 e. The monoisotopic (exact) mass is 332 g/mol. The van der Waals surface area contributed by atoms with E-state index in [-0.39, 0.29) is 5.41 Å². The molecule has 0 unspecified atom stereocenters. The highest BCUT2D eigenvalue weighted by molar-refractivity contribution is 5.71. The van der Waals surface area contributed by atoms with Gasteiger partial charge >= 0.3 is 0 Å². The zero-order valence-electron chi connectivity index (χ0n) is 16.0. The van der Waals surface area contributed by atoms with Crippen molar-refractivity contribution in [3.8, 4) is 22.4 Å². The molecule has 130 valence electrons. The van der Waals surface area contributed by atoms with Crippen molar-refractivity contribution < 1.29 is 0 Å². The summed E-state index contributed by atoms with van der Waals surface area (Å²) < 4.78 is 2.14. The molecule has 2 heteroatoms. The Morgan fingerprint density at radius 3 is 2.24 bits per heavy atom. The normalized spacial score (nSPS) is 11.7. The Labute approximate surface area is 151 Å². The van der Waals surface area contributed by atoms with Crippen LogP contribution in [-0.4, -0.2) is 9.55 Å². The molecule has 0 aliphatic carbocycles. The quantitative estimate of drug-likeness (QED) is 0.572. The number of hydrogen-bond acceptors (Lipinski definition) is 1. The molecule has 3 aromatic rings. The number of imidazole rings is 1. The number of aryl methyl sites for hydroxylation is 2. The van der Waals surface area contributed by atoms with Crippen LogP contribution in [0.2, 0.25) is 0 Å². The predicted octanol–water partition coefficient (Wildman–Crippen LogP) is 6.00. The summed E-state index contributed by atoms with van der Waals surface area (Å²) in [5, 5.41) is 0. The van der Waals surface area contributed by atoms with Crippen LogP contribution in [0.25, 0.3) is 22.4 Å². The Hall–Kier alpha value is -2.35. The highest BCUT2D eigenvalue weighted by atomic mass is 15.0. The predicted molar refractivity (Wildman–Crippen MR) is 107 cm³/mol. The van der Waals surface area contributed by atoms with E-state index in [2.05, 4.69) is 94.0 Å². The van der Waals surface area contributed by atoms with E-state index in [1.54, 1.807) is 0 Å². The maximum atomic E-state index is 4.81. The average Bonchev–Trinajstić information content (AvgIpc) is 2.96. The Balaban J connectivity index is 1.93. The molecule has 0 saturated carbocycles. The third-order valence-electron chi connectivity index (χ3n) is 4.69. The van der Waals surface area contributed by atoms with E-state index < -0.39 is 0 Å². The summed E-state index contributed by atoms with van der Waals surface area (Å²) in [6.07, 6.45) is 4.27.